The van der Waals surface area contributed by atoms with E-state index < -0.39 is 11.8 Å². The molecule has 160 valence electrons. The molecule has 1 aliphatic heterocycles. The third kappa shape index (κ3) is 4.38. The van der Waals surface area contributed by atoms with E-state index in [2.05, 4.69) is 0 Å². The molecule has 32 heavy (non-hydrogen) atoms. The second-order valence-electron chi connectivity index (χ2n) is 7.34. The van der Waals surface area contributed by atoms with Gasteiger partial charge in [0.15, 0.2) is 5.11 Å². The molecule has 3 aromatic carbocycles. The molecule has 0 bridgehead atoms. The van der Waals surface area contributed by atoms with E-state index in [9.17, 15) is 19.8 Å². The minimum absolute atomic E-state index is 0.0943. The number of phenols is 2. The number of phenolic OH excluding ortho intramolecular Hbond substituents is 2. The number of benzene rings is 3. The van der Waals surface area contributed by atoms with Crippen LogP contribution in [0.2, 0.25) is 0 Å². The summed E-state index contributed by atoms with van der Waals surface area (Å²) >= 11 is 5.56. The number of carbonyl (C=O) groups excluding carboxylic acids is 2. The van der Waals surface area contributed by atoms with E-state index >= 15 is 0 Å². The van der Waals surface area contributed by atoms with Crippen molar-refractivity contribution in [1.82, 2.24) is 9.80 Å². The van der Waals surface area contributed by atoms with Crippen molar-refractivity contribution < 1.29 is 19.8 Å². The van der Waals surface area contributed by atoms with Gasteiger partial charge in [-0.15, -0.1) is 0 Å². The molecule has 0 spiro atoms. The van der Waals surface area contributed by atoms with Crippen LogP contribution in [0.4, 0.5) is 0 Å². The summed E-state index contributed by atoms with van der Waals surface area (Å²) in [6.07, 6.45) is 1.29. The molecule has 1 saturated heterocycles. The number of hydrogen-bond acceptors (Lipinski definition) is 5. The lowest BCUT2D eigenvalue weighted by atomic mass is 10.0. The Kier molecular flexibility index (Phi) is 6.00. The highest BCUT2D eigenvalue weighted by Gasteiger charge is 2.39. The summed E-state index contributed by atoms with van der Waals surface area (Å²) in [4.78, 5) is 29.4. The standard InChI is InChI=1S/C25H20N2O4S/c28-20-11-12-22(29)19(13-20)14-21-23(30)26(15-17-7-3-1-4-8-17)25(32)27(24(21)31)16-18-9-5-2-6-10-18/h1-14,28-29H,15-16H2. The summed E-state index contributed by atoms with van der Waals surface area (Å²) in [6.45, 7) is 0.390. The zero-order valence-electron chi connectivity index (χ0n) is 17.0. The molecule has 2 N–H and O–H groups in total. The molecule has 0 aromatic heterocycles. The lowest BCUT2D eigenvalue weighted by molar-refractivity contribution is -0.134. The summed E-state index contributed by atoms with van der Waals surface area (Å²) in [6, 6.07) is 22.6. The van der Waals surface area contributed by atoms with Crippen LogP contribution in [0.5, 0.6) is 11.5 Å². The Morgan fingerprint density at radius 1 is 0.750 bits per heavy atom. The number of nitrogens with zero attached hydrogens (tertiary/aromatic N) is 2. The number of thiocarbonyl (C=S) groups is 1. The minimum Gasteiger partial charge on any atom is -0.508 e. The summed E-state index contributed by atoms with van der Waals surface area (Å²) < 4.78 is 0. The SMILES string of the molecule is O=C1C(=Cc2cc(O)ccc2O)C(=O)N(Cc2ccccc2)C(=S)N1Cc1ccccc1. The van der Waals surface area contributed by atoms with E-state index in [1.807, 2.05) is 60.7 Å². The molecule has 2 amide bonds. The third-order valence-corrected chi connectivity index (χ3v) is 5.53. The molecule has 1 aliphatic rings. The minimum atomic E-state index is -0.559. The van der Waals surface area contributed by atoms with Crippen molar-refractivity contribution in [1.29, 1.82) is 0 Å². The second kappa shape index (κ2) is 9.03. The zero-order chi connectivity index (χ0) is 22.7. The molecule has 1 heterocycles. The van der Waals surface area contributed by atoms with Crippen molar-refractivity contribution in [2.75, 3.05) is 0 Å². The van der Waals surface area contributed by atoms with Crippen LogP contribution in [0, 0.1) is 0 Å². The van der Waals surface area contributed by atoms with Gasteiger partial charge in [-0.05, 0) is 47.6 Å². The first kappa shape index (κ1) is 21.3. The largest absolute Gasteiger partial charge is 0.508 e. The van der Waals surface area contributed by atoms with Gasteiger partial charge in [0.05, 0.1) is 13.1 Å². The van der Waals surface area contributed by atoms with Gasteiger partial charge in [0.1, 0.15) is 17.1 Å². The monoisotopic (exact) mass is 444 g/mol. The van der Waals surface area contributed by atoms with Gasteiger partial charge >= 0.3 is 0 Å². The lowest BCUT2D eigenvalue weighted by Gasteiger charge is -2.36. The maximum Gasteiger partial charge on any atom is 0.265 e. The second-order valence-corrected chi connectivity index (χ2v) is 7.70. The van der Waals surface area contributed by atoms with Crippen LogP contribution >= 0.6 is 12.2 Å². The third-order valence-electron chi connectivity index (χ3n) is 5.09. The maximum atomic E-state index is 13.3. The molecule has 0 atom stereocenters. The van der Waals surface area contributed by atoms with Crippen LogP contribution in [0.3, 0.4) is 0 Å². The first-order chi connectivity index (χ1) is 15.4. The van der Waals surface area contributed by atoms with E-state index in [-0.39, 0.29) is 40.8 Å². The predicted octanol–water partition coefficient (Wildman–Crippen LogP) is 3.84. The van der Waals surface area contributed by atoms with Crippen molar-refractivity contribution >= 4 is 35.2 Å². The highest BCUT2D eigenvalue weighted by Crippen LogP contribution is 2.28. The van der Waals surface area contributed by atoms with Gasteiger partial charge in [-0.25, -0.2) is 0 Å². The van der Waals surface area contributed by atoms with Gasteiger partial charge in [-0.1, -0.05) is 60.7 Å². The Labute approximate surface area is 190 Å². The number of carbonyl (C=O) groups is 2. The predicted molar refractivity (Wildman–Crippen MR) is 124 cm³/mol. The Hall–Kier alpha value is -3.97. The fourth-order valence-corrected chi connectivity index (χ4v) is 3.74. The molecule has 0 unspecified atom stereocenters. The van der Waals surface area contributed by atoms with E-state index in [4.69, 9.17) is 12.2 Å². The fraction of sp³-hybridized carbons (Fsp3) is 0.0800. The van der Waals surface area contributed by atoms with Gasteiger partial charge in [0.25, 0.3) is 11.8 Å². The number of hydrogen-bond donors (Lipinski definition) is 2. The summed E-state index contributed by atoms with van der Waals surface area (Å²) in [5, 5.41) is 20.1. The smallest absolute Gasteiger partial charge is 0.265 e. The molecule has 4 rings (SSSR count). The van der Waals surface area contributed by atoms with Crippen molar-refractivity contribution in [2.24, 2.45) is 0 Å². The highest BCUT2D eigenvalue weighted by atomic mass is 32.1. The summed E-state index contributed by atoms with van der Waals surface area (Å²) in [5.74, 6) is -1.37. The molecule has 3 aromatic rings. The summed E-state index contributed by atoms with van der Waals surface area (Å²) in [5.41, 5.74) is 1.73. The Bertz CT molecular complexity index is 1140. The first-order valence-electron chi connectivity index (χ1n) is 9.93. The average Bonchev–Trinajstić information content (AvgIpc) is 2.81. The van der Waals surface area contributed by atoms with Gasteiger partial charge in [-0.2, -0.15) is 0 Å². The van der Waals surface area contributed by atoms with Crippen LogP contribution in [-0.2, 0) is 22.7 Å². The Morgan fingerprint density at radius 2 is 1.25 bits per heavy atom. The van der Waals surface area contributed by atoms with Crippen LogP contribution in [-0.4, -0.2) is 36.9 Å². The van der Waals surface area contributed by atoms with Crippen LogP contribution in [0.25, 0.3) is 6.08 Å². The molecule has 6 nitrogen and oxygen atoms in total. The highest BCUT2D eigenvalue weighted by molar-refractivity contribution is 7.80. The van der Waals surface area contributed by atoms with Crippen LogP contribution < -0.4 is 0 Å². The van der Waals surface area contributed by atoms with Gasteiger partial charge in [0, 0.05) is 5.56 Å². The zero-order valence-corrected chi connectivity index (χ0v) is 17.8. The maximum absolute atomic E-state index is 13.3. The van der Waals surface area contributed by atoms with E-state index in [1.54, 1.807) is 0 Å². The van der Waals surface area contributed by atoms with E-state index in [0.29, 0.717) is 0 Å². The number of amides is 2. The Morgan fingerprint density at radius 3 is 1.75 bits per heavy atom. The van der Waals surface area contributed by atoms with Crippen LogP contribution in [0.1, 0.15) is 16.7 Å². The molecule has 7 heteroatoms. The molecule has 1 fully saturated rings. The van der Waals surface area contributed by atoms with Crippen molar-refractivity contribution in [3.05, 3.63) is 101 Å². The van der Waals surface area contributed by atoms with Crippen LogP contribution in [0.15, 0.2) is 84.4 Å². The van der Waals surface area contributed by atoms with Gasteiger partial charge < -0.3 is 10.2 Å². The normalized spacial score (nSPS) is 14.1. The molecule has 0 aliphatic carbocycles. The average molecular weight is 445 g/mol. The number of rotatable bonds is 5. The van der Waals surface area contributed by atoms with E-state index in [0.717, 1.165) is 11.1 Å². The van der Waals surface area contributed by atoms with Gasteiger partial charge in [0.2, 0.25) is 0 Å². The fourth-order valence-electron chi connectivity index (χ4n) is 3.45. The summed E-state index contributed by atoms with van der Waals surface area (Å²) in [7, 11) is 0. The molecular formula is C25H20N2O4S. The molecule has 0 radical (unpaired) electrons. The quantitative estimate of drug-likeness (QED) is 0.271. The first-order valence-corrected chi connectivity index (χ1v) is 10.3. The van der Waals surface area contributed by atoms with Gasteiger partial charge in [-0.3, -0.25) is 19.4 Å². The molecular weight excluding hydrogens is 424 g/mol. The Balaban J connectivity index is 1.76. The lowest BCUT2D eigenvalue weighted by Crippen LogP contribution is -2.55. The van der Waals surface area contributed by atoms with Crippen molar-refractivity contribution in [2.45, 2.75) is 13.1 Å². The number of aromatic hydroxyl groups is 2. The van der Waals surface area contributed by atoms with Crippen molar-refractivity contribution in [3.63, 3.8) is 0 Å². The van der Waals surface area contributed by atoms with E-state index in [1.165, 1.54) is 34.1 Å². The van der Waals surface area contributed by atoms with Crippen molar-refractivity contribution in [3.8, 4) is 11.5 Å². The molecule has 0 saturated carbocycles. The topological polar surface area (TPSA) is 81.1 Å².